The second-order valence-corrected chi connectivity index (χ2v) is 7.19. The van der Waals surface area contributed by atoms with E-state index in [-0.39, 0.29) is 51.6 Å². The van der Waals surface area contributed by atoms with Crippen LogP contribution in [0.25, 0.3) is 11.0 Å². The van der Waals surface area contributed by atoms with Gasteiger partial charge in [0, 0.05) is 11.5 Å². The van der Waals surface area contributed by atoms with E-state index in [9.17, 15) is 4.79 Å². The van der Waals surface area contributed by atoms with E-state index in [0.29, 0.717) is 9.99 Å². The van der Waals surface area contributed by atoms with Gasteiger partial charge in [-0.2, -0.15) is 0 Å². The Labute approximate surface area is 181 Å². The molecule has 1 aromatic heterocycles. The number of aliphatic hydroxyl groups excluding tert-OH is 1. The number of hydrogen-bond acceptors (Lipinski definition) is 5. The quantitative estimate of drug-likeness (QED) is 0.282. The summed E-state index contributed by atoms with van der Waals surface area (Å²) in [5.74, 6) is -1.51. The predicted octanol–water partition coefficient (Wildman–Crippen LogP) is 1.11. The number of aryl methyl sites for hydroxylation is 1. The molecule has 0 bridgehead atoms. The number of nitrogens with one attached hydrogen (secondary N) is 2. The summed E-state index contributed by atoms with van der Waals surface area (Å²) in [6.45, 7) is -0.426. The smallest absolute Gasteiger partial charge is 0.277 e. The number of hydrogen-bond donors (Lipinski definition) is 3. The first-order valence-electron chi connectivity index (χ1n) is 8.22. The highest BCUT2D eigenvalue weighted by Crippen LogP contribution is 2.33. The summed E-state index contributed by atoms with van der Waals surface area (Å²) in [5, 5.41) is 11.7. The molecule has 4 radical (unpaired) electrons. The minimum atomic E-state index is -0.772. The molecule has 0 aliphatic carbocycles. The number of anilines is 2. The average molecular weight is 477 g/mol. The molecule has 3 N–H and O–H groups in total. The number of rotatable bonds is 6. The van der Waals surface area contributed by atoms with Gasteiger partial charge < -0.3 is 15.0 Å². The molecule has 3 rings (SSSR count). The second-order valence-electron chi connectivity index (χ2n) is 6.02. The number of benzene rings is 2. The molecular weight excluding hydrogens is 464 g/mol. The summed E-state index contributed by atoms with van der Waals surface area (Å²) in [7, 11) is 13.5. The summed E-state index contributed by atoms with van der Waals surface area (Å²) in [6, 6.07) is 2.90. The van der Waals surface area contributed by atoms with Gasteiger partial charge in [0.05, 0.1) is 47.0 Å². The fourth-order valence-electron chi connectivity index (χ4n) is 2.65. The van der Waals surface area contributed by atoms with E-state index < -0.39 is 11.7 Å². The molecule has 0 fully saturated rings. The van der Waals surface area contributed by atoms with Crippen LogP contribution in [0, 0.1) is 5.82 Å². The summed E-state index contributed by atoms with van der Waals surface area (Å²) in [4.78, 5) is 21.5. The number of nitrogens with zero attached hydrogens (tertiary/aromatic N) is 2. The highest BCUT2D eigenvalue weighted by Gasteiger charge is 2.23. The molecule has 0 aliphatic rings. The van der Waals surface area contributed by atoms with Crippen LogP contribution in [0.1, 0.15) is 10.4 Å². The van der Waals surface area contributed by atoms with E-state index in [2.05, 4.69) is 31.7 Å². The van der Waals surface area contributed by atoms with Crippen LogP contribution in [0.15, 0.2) is 22.9 Å². The number of carbonyl (C=O) groups is 1. The average Bonchev–Trinajstić information content (AvgIpc) is 3.07. The molecule has 1 heterocycles. The number of aromatic nitrogens is 2. The molecule has 2 aromatic carbocycles. The molecular formula is C17H13B2BrClFN4O3. The number of hydroxylamine groups is 1. The first-order chi connectivity index (χ1) is 13.8. The van der Waals surface area contributed by atoms with E-state index >= 15 is 4.39 Å². The Bertz CT molecular complexity index is 1110. The highest BCUT2D eigenvalue weighted by molar-refractivity contribution is 9.10. The van der Waals surface area contributed by atoms with E-state index in [4.69, 9.17) is 37.2 Å². The lowest BCUT2D eigenvalue weighted by molar-refractivity contribution is 0.0169. The van der Waals surface area contributed by atoms with Crippen molar-refractivity contribution < 1.29 is 19.1 Å². The van der Waals surface area contributed by atoms with Crippen LogP contribution in [-0.4, -0.2) is 49.5 Å². The zero-order valence-corrected chi connectivity index (χ0v) is 17.4. The molecule has 12 heteroatoms. The number of aliphatic hydroxyl groups is 1. The van der Waals surface area contributed by atoms with Gasteiger partial charge in [0.1, 0.15) is 21.2 Å². The maximum Gasteiger partial charge on any atom is 0.277 e. The number of fused-ring (bicyclic) bond motifs is 1. The molecule has 0 saturated carbocycles. The molecule has 7 nitrogen and oxygen atoms in total. The van der Waals surface area contributed by atoms with Gasteiger partial charge in [-0.05, 0) is 12.1 Å². The van der Waals surface area contributed by atoms with Gasteiger partial charge >= 0.3 is 0 Å². The van der Waals surface area contributed by atoms with Crippen molar-refractivity contribution in [3.8, 4) is 0 Å². The maximum absolute atomic E-state index is 15.3. The largest absolute Gasteiger partial charge is 0.394 e. The molecule has 29 heavy (non-hydrogen) atoms. The predicted molar refractivity (Wildman–Crippen MR) is 114 cm³/mol. The minimum Gasteiger partial charge on any atom is -0.394 e. The van der Waals surface area contributed by atoms with Crippen LogP contribution in [0.2, 0.25) is 5.02 Å². The third kappa shape index (κ3) is 4.13. The van der Waals surface area contributed by atoms with Crippen molar-refractivity contribution in [2.24, 2.45) is 7.05 Å². The molecule has 3 aromatic rings. The van der Waals surface area contributed by atoms with Gasteiger partial charge in [0.2, 0.25) is 0 Å². The molecule has 0 saturated heterocycles. The maximum atomic E-state index is 15.3. The highest BCUT2D eigenvalue weighted by atomic mass is 79.9. The van der Waals surface area contributed by atoms with Gasteiger partial charge in [0.25, 0.3) is 5.91 Å². The van der Waals surface area contributed by atoms with Crippen LogP contribution in [0.4, 0.5) is 15.8 Å². The van der Waals surface area contributed by atoms with Gasteiger partial charge in [-0.25, -0.2) is 14.9 Å². The third-order valence-corrected chi connectivity index (χ3v) is 5.38. The molecule has 1 amide bonds. The molecule has 0 spiro atoms. The van der Waals surface area contributed by atoms with Crippen LogP contribution >= 0.6 is 27.5 Å². The Balaban J connectivity index is 2.14. The molecule has 0 atom stereocenters. The zero-order chi connectivity index (χ0) is 21.3. The van der Waals surface area contributed by atoms with Crippen molar-refractivity contribution >= 4 is 82.5 Å². The molecule has 0 unspecified atom stereocenters. The van der Waals surface area contributed by atoms with E-state index in [1.54, 1.807) is 11.6 Å². The second kappa shape index (κ2) is 8.74. The molecule has 0 aliphatic heterocycles. The Morgan fingerprint density at radius 2 is 2.17 bits per heavy atom. The number of carbonyl (C=O) groups excluding carboxylic acids is 1. The SMILES string of the molecule is [B]c1cc(Nc2c(C(=O)NOCCO)cc3c(ncn3C)c2F)c(Cl)c([B])c1Br. The van der Waals surface area contributed by atoms with Crippen molar-refractivity contribution in [1.29, 1.82) is 0 Å². The summed E-state index contributed by atoms with van der Waals surface area (Å²) >= 11 is 9.48. The Hall–Kier alpha value is -2.07. The summed E-state index contributed by atoms with van der Waals surface area (Å²) in [6.07, 6.45) is 1.42. The zero-order valence-electron chi connectivity index (χ0n) is 15.1. The minimum absolute atomic E-state index is 0.0528. The number of imidazole rings is 1. The fraction of sp³-hybridized carbons (Fsp3) is 0.176. The summed E-state index contributed by atoms with van der Waals surface area (Å²) < 4.78 is 17.2. The van der Waals surface area contributed by atoms with Crippen molar-refractivity contribution in [3.05, 3.63) is 39.3 Å². The van der Waals surface area contributed by atoms with Gasteiger partial charge in [-0.1, -0.05) is 38.5 Å². The monoisotopic (exact) mass is 476 g/mol. The lowest BCUT2D eigenvalue weighted by Gasteiger charge is -2.17. The summed E-state index contributed by atoms with van der Waals surface area (Å²) in [5.41, 5.74) is 2.95. The van der Waals surface area contributed by atoms with Crippen molar-refractivity contribution in [2.45, 2.75) is 0 Å². The first-order valence-corrected chi connectivity index (χ1v) is 9.39. The van der Waals surface area contributed by atoms with Gasteiger partial charge in [-0.3, -0.25) is 9.63 Å². The van der Waals surface area contributed by atoms with E-state index in [1.807, 2.05) is 0 Å². The van der Waals surface area contributed by atoms with E-state index in [0.717, 1.165) is 0 Å². The van der Waals surface area contributed by atoms with E-state index in [1.165, 1.54) is 18.5 Å². The first kappa shape index (κ1) is 21.6. The Kier molecular flexibility index (Phi) is 6.52. The lowest BCUT2D eigenvalue weighted by atomic mass is 9.86. The Morgan fingerprint density at radius 1 is 1.45 bits per heavy atom. The fourth-order valence-corrected chi connectivity index (χ4v) is 3.27. The Morgan fingerprint density at radius 3 is 2.86 bits per heavy atom. The van der Waals surface area contributed by atoms with Crippen LogP contribution in [-0.2, 0) is 11.9 Å². The van der Waals surface area contributed by atoms with Crippen LogP contribution in [0.5, 0.6) is 0 Å². The van der Waals surface area contributed by atoms with Crippen LogP contribution in [0.3, 0.4) is 0 Å². The lowest BCUT2D eigenvalue weighted by Crippen LogP contribution is -2.26. The van der Waals surface area contributed by atoms with Crippen molar-refractivity contribution in [3.63, 3.8) is 0 Å². The van der Waals surface area contributed by atoms with Crippen molar-refractivity contribution in [2.75, 3.05) is 18.5 Å². The van der Waals surface area contributed by atoms with Crippen molar-refractivity contribution in [1.82, 2.24) is 15.0 Å². The number of halogens is 3. The molecule has 146 valence electrons. The van der Waals surface area contributed by atoms with Gasteiger partial charge in [0.15, 0.2) is 5.82 Å². The third-order valence-electron chi connectivity index (χ3n) is 4.09. The number of amides is 1. The normalized spacial score (nSPS) is 11.1. The topological polar surface area (TPSA) is 88.4 Å². The van der Waals surface area contributed by atoms with Gasteiger partial charge in [-0.15, -0.1) is 0 Å². The van der Waals surface area contributed by atoms with Crippen LogP contribution < -0.4 is 21.7 Å². The standard InChI is InChI=1S/C17H13B2BrClFN4O3/c1-26-6-23-16-10(26)4-7(17(28)25-29-3-2-27)15(14(16)22)24-9-5-8(18)12(20)11(19)13(9)21/h4-6,24,27H,2-3H2,1H3,(H,25,28).